The second-order valence-electron chi connectivity index (χ2n) is 13.3. The summed E-state index contributed by atoms with van der Waals surface area (Å²) in [6.45, 7) is 12.9. The van der Waals surface area contributed by atoms with Crippen LogP contribution in [0.4, 0.5) is 4.79 Å². The summed E-state index contributed by atoms with van der Waals surface area (Å²) in [6, 6.07) is -3.06. The van der Waals surface area contributed by atoms with E-state index in [-0.39, 0.29) is 41.8 Å². The number of nitrogens with zero attached hydrogens (tertiary/aromatic N) is 1. The lowest BCUT2D eigenvalue weighted by Crippen LogP contribution is -2.58. The van der Waals surface area contributed by atoms with E-state index in [2.05, 4.69) is 10.6 Å². The molecular formula is C30H46N4O7. The number of fused-ring (bicyclic) bond motifs is 1. The first-order valence-electron chi connectivity index (χ1n) is 14.6. The molecular weight excluding hydrogens is 528 g/mol. The van der Waals surface area contributed by atoms with Gasteiger partial charge in [0.25, 0.3) is 5.91 Å². The van der Waals surface area contributed by atoms with E-state index >= 15 is 0 Å². The number of hydrogen-bond donors (Lipinski definition) is 3. The largest absolute Gasteiger partial charge is 0.444 e. The number of amides is 4. The molecule has 1 unspecified atom stereocenters. The van der Waals surface area contributed by atoms with Crippen LogP contribution in [-0.2, 0) is 28.7 Å². The van der Waals surface area contributed by atoms with Gasteiger partial charge >= 0.3 is 6.09 Å². The molecule has 2 aliphatic carbocycles. The maximum atomic E-state index is 14.0. The quantitative estimate of drug-likeness (QED) is 0.238. The van der Waals surface area contributed by atoms with Crippen molar-refractivity contribution in [2.75, 3.05) is 6.54 Å². The molecule has 1 heterocycles. The topological polar surface area (TPSA) is 165 Å². The zero-order valence-electron chi connectivity index (χ0n) is 25.4. The van der Waals surface area contributed by atoms with Crippen molar-refractivity contribution >= 4 is 35.4 Å². The van der Waals surface area contributed by atoms with Gasteiger partial charge in [0, 0.05) is 13.0 Å². The van der Waals surface area contributed by atoms with E-state index in [1.165, 1.54) is 4.90 Å². The van der Waals surface area contributed by atoms with Gasteiger partial charge in [0.15, 0.2) is 5.78 Å². The van der Waals surface area contributed by atoms with Crippen molar-refractivity contribution < 1.29 is 33.5 Å². The molecule has 0 aromatic heterocycles. The Morgan fingerprint density at radius 3 is 2.22 bits per heavy atom. The molecule has 0 radical (unpaired) electrons. The third kappa shape index (κ3) is 7.54. The lowest BCUT2D eigenvalue weighted by atomic mass is 9.80. The number of carbonyl (C=O) groups excluding carboxylic acids is 6. The molecule has 3 fully saturated rings. The fraction of sp³-hybridized carbons (Fsp3) is 0.733. The Hall–Kier alpha value is -3.24. The summed E-state index contributed by atoms with van der Waals surface area (Å²) in [5.74, 6) is -3.03. The highest BCUT2D eigenvalue weighted by Crippen LogP contribution is 2.65. The molecule has 5 atom stereocenters. The standard InChI is InChI=1S/C30H46N4O7/c1-8-16(2)21(35)13-12-19(33-28(40)41-29(3,4)5)27(39)34-15-18-22(30(18,6)7)23(34)26(38)32-20(24(36)25(31)37)14-17-10-9-11-17/h8,17-20,22-23H,9-15H2,1-7H3,(H2,31,37)(H,32,38)(H,33,40)/t18-,19-,20?,22-,23-/m0/s1. The number of alkyl carbamates (subject to hydrolysis) is 1. The number of ketones is 2. The molecule has 11 heteroatoms. The monoisotopic (exact) mass is 574 g/mol. The minimum absolute atomic E-state index is 0.0159. The SMILES string of the molecule is CC=C(C)C(=O)CC[C@H](NC(=O)OC(C)(C)C)C(=O)N1C[C@H]2[C@@H]([C@H]1C(=O)NC(CC1CCC1)C(=O)C(N)=O)C2(C)C. The average Bonchev–Trinajstić information content (AvgIpc) is 3.17. The number of carbonyl (C=O) groups is 6. The van der Waals surface area contributed by atoms with Gasteiger partial charge in [-0.25, -0.2) is 4.79 Å². The number of Topliss-reactive ketones (excluding diaryl/α,β-unsaturated/α-hetero) is 2. The highest BCUT2D eigenvalue weighted by molar-refractivity contribution is 6.37. The van der Waals surface area contributed by atoms with Gasteiger partial charge in [-0.2, -0.15) is 0 Å². The second kappa shape index (κ2) is 12.3. The van der Waals surface area contributed by atoms with E-state index in [9.17, 15) is 28.8 Å². The Kier molecular flexibility index (Phi) is 9.70. The summed E-state index contributed by atoms with van der Waals surface area (Å²) in [7, 11) is 0. The molecule has 3 aliphatic rings. The van der Waals surface area contributed by atoms with E-state index in [0.29, 0.717) is 18.5 Å². The van der Waals surface area contributed by atoms with Crippen LogP contribution in [0.5, 0.6) is 0 Å². The Balaban J connectivity index is 1.84. The fourth-order valence-electron chi connectivity index (χ4n) is 6.08. The van der Waals surface area contributed by atoms with E-state index in [0.717, 1.165) is 19.3 Å². The molecule has 0 aromatic carbocycles. The van der Waals surface area contributed by atoms with Crippen molar-refractivity contribution in [2.24, 2.45) is 28.9 Å². The van der Waals surface area contributed by atoms with Crippen molar-refractivity contribution in [1.82, 2.24) is 15.5 Å². The predicted octanol–water partition coefficient (Wildman–Crippen LogP) is 2.41. The molecule has 1 aliphatic heterocycles. The highest BCUT2D eigenvalue weighted by Gasteiger charge is 2.69. The van der Waals surface area contributed by atoms with Crippen LogP contribution in [0.3, 0.4) is 0 Å². The summed E-state index contributed by atoms with van der Waals surface area (Å²) >= 11 is 0. The predicted molar refractivity (Wildman–Crippen MR) is 151 cm³/mol. The van der Waals surface area contributed by atoms with Gasteiger partial charge in [0.05, 0.1) is 6.04 Å². The van der Waals surface area contributed by atoms with E-state index in [1.54, 1.807) is 40.7 Å². The minimum atomic E-state index is -1.11. The number of allylic oxidation sites excluding steroid dienone is 2. The van der Waals surface area contributed by atoms with Crippen LogP contribution in [0.15, 0.2) is 11.6 Å². The zero-order valence-corrected chi connectivity index (χ0v) is 25.4. The van der Waals surface area contributed by atoms with Crippen LogP contribution in [-0.4, -0.2) is 70.6 Å². The number of ether oxygens (including phenoxy) is 1. The lowest BCUT2D eigenvalue weighted by molar-refractivity contribution is -0.144. The Morgan fingerprint density at radius 2 is 1.71 bits per heavy atom. The Morgan fingerprint density at radius 1 is 1.07 bits per heavy atom. The summed E-state index contributed by atoms with van der Waals surface area (Å²) in [4.78, 5) is 78.7. The normalized spacial score (nSPS) is 24.8. The first-order valence-corrected chi connectivity index (χ1v) is 14.6. The molecule has 1 saturated heterocycles. The Bertz CT molecular complexity index is 1120. The molecule has 0 bridgehead atoms. The molecule has 0 aromatic rings. The van der Waals surface area contributed by atoms with Crippen LogP contribution in [0.1, 0.15) is 87.0 Å². The molecule has 41 heavy (non-hydrogen) atoms. The molecule has 4 N–H and O–H groups in total. The summed E-state index contributed by atoms with van der Waals surface area (Å²) in [6.07, 6.45) is 4.09. The third-order valence-corrected chi connectivity index (χ3v) is 8.95. The number of primary amides is 1. The average molecular weight is 575 g/mol. The zero-order chi connectivity index (χ0) is 30.9. The molecule has 4 amide bonds. The first kappa shape index (κ1) is 32.3. The summed E-state index contributed by atoms with van der Waals surface area (Å²) in [5.41, 5.74) is 4.82. The van der Waals surface area contributed by atoms with Crippen molar-refractivity contribution in [1.29, 1.82) is 0 Å². The van der Waals surface area contributed by atoms with E-state index in [4.69, 9.17) is 10.5 Å². The highest BCUT2D eigenvalue weighted by atomic mass is 16.6. The van der Waals surface area contributed by atoms with Crippen molar-refractivity contribution in [3.05, 3.63) is 11.6 Å². The van der Waals surface area contributed by atoms with Crippen LogP contribution in [0, 0.1) is 23.2 Å². The van der Waals surface area contributed by atoms with Gasteiger partial charge in [0.1, 0.15) is 17.7 Å². The van der Waals surface area contributed by atoms with Crippen LogP contribution < -0.4 is 16.4 Å². The fourth-order valence-corrected chi connectivity index (χ4v) is 6.08. The van der Waals surface area contributed by atoms with Gasteiger partial charge < -0.3 is 26.0 Å². The summed E-state index contributed by atoms with van der Waals surface area (Å²) < 4.78 is 5.37. The van der Waals surface area contributed by atoms with E-state index in [1.807, 2.05) is 13.8 Å². The molecule has 228 valence electrons. The molecule has 11 nitrogen and oxygen atoms in total. The van der Waals surface area contributed by atoms with Crippen molar-refractivity contribution in [3.8, 4) is 0 Å². The van der Waals surface area contributed by atoms with Crippen molar-refractivity contribution in [3.63, 3.8) is 0 Å². The smallest absolute Gasteiger partial charge is 0.408 e. The molecule has 0 spiro atoms. The first-order chi connectivity index (χ1) is 19.0. The number of piperidine rings is 1. The minimum Gasteiger partial charge on any atom is -0.444 e. The maximum Gasteiger partial charge on any atom is 0.408 e. The van der Waals surface area contributed by atoms with Crippen LogP contribution in [0.25, 0.3) is 0 Å². The number of likely N-dealkylation sites (tertiary alicyclic amines) is 1. The molecule has 2 saturated carbocycles. The molecule has 3 rings (SSSR count). The maximum absolute atomic E-state index is 14.0. The van der Waals surface area contributed by atoms with Gasteiger partial charge in [0.2, 0.25) is 17.6 Å². The number of rotatable bonds is 12. The van der Waals surface area contributed by atoms with Crippen LogP contribution in [0.2, 0.25) is 0 Å². The lowest BCUT2D eigenvalue weighted by Gasteiger charge is -2.35. The number of hydrogen-bond acceptors (Lipinski definition) is 7. The van der Waals surface area contributed by atoms with Crippen molar-refractivity contribution in [2.45, 2.75) is 111 Å². The number of nitrogens with one attached hydrogen (secondary N) is 2. The van der Waals surface area contributed by atoms with Crippen LogP contribution >= 0.6 is 0 Å². The number of nitrogens with two attached hydrogens (primary N) is 1. The third-order valence-electron chi connectivity index (χ3n) is 8.95. The summed E-state index contributed by atoms with van der Waals surface area (Å²) in [5, 5.41) is 5.36. The van der Waals surface area contributed by atoms with Gasteiger partial charge in [-0.3, -0.25) is 24.0 Å². The van der Waals surface area contributed by atoms with E-state index < -0.39 is 53.3 Å². The second-order valence-corrected chi connectivity index (χ2v) is 13.3. The van der Waals surface area contributed by atoms with Gasteiger partial charge in [-0.15, -0.1) is 0 Å². The van der Waals surface area contributed by atoms with Gasteiger partial charge in [-0.05, 0) is 76.2 Å². The van der Waals surface area contributed by atoms with Gasteiger partial charge in [-0.1, -0.05) is 39.2 Å². The Labute approximate surface area is 242 Å².